The van der Waals surface area contributed by atoms with Crippen molar-refractivity contribution in [2.75, 3.05) is 13.1 Å². The summed E-state index contributed by atoms with van der Waals surface area (Å²) in [5.41, 5.74) is 5.23. The van der Waals surface area contributed by atoms with Crippen LogP contribution in [0.25, 0.3) is 0 Å². The maximum absolute atomic E-state index is 11.7. The summed E-state index contributed by atoms with van der Waals surface area (Å²) in [7, 11) is -3.48. The monoisotopic (exact) mass is 356 g/mol. The lowest BCUT2D eigenvalue weighted by Crippen LogP contribution is -2.29. The van der Waals surface area contributed by atoms with E-state index in [0.29, 0.717) is 8.95 Å². The number of nitrogens with two attached hydrogens (primary N) is 1. The van der Waals surface area contributed by atoms with Gasteiger partial charge in [-0.15, -0.1) is 0 Å². The Hall–Kier alpha value is 0.0500. The Labute approximate surface area is 106 Å². The summed E-state index contributed by atoms with van der Waals surface area (Å²) < 4.78 is 27.1. The van der Waals surface area contributed by atoms with Gasteiger partial charge in [-0.1, -0.05) is 15.9 Å². The average molecular weight is 358 g/mol. The van der Waals surface area contributed by atoms with Crippen molar-refractivity contribution in [1.82, 2.24) is 4.72 Å². The Morgan fingerprint density at radius 2 is 2.00 bits per heavy atom. The fourth-order valence-electron chi connectivity index (χ4n) is 0.954. The lowest BCUT2D eigenvalue weighted by molar-refractivity contribution is 0.581. The molecule has 0 aliphatic heterocycles. The zero-order valence-electron chi connectivity index (χ0n) is 7.70. The van der Waals surface area contributed by atoms with Crippen molar-refractivity contribution in [2.45, 2.75) is 4.90 Å². The topological polar surface area (TPSA) is 72.2 Å². The molecule has 4 nitrogen and oxygen atoms in total. The molecule has 0 aliphatic rings. The minimum Gasteiger partial charge on any atom is -0.329 e. The van der Waals surface area contributed by atoms with Gasteiger partial charge in [-0.3, -0.25) is 0 Å². The van der Waals surface area contributed by atoms with Crippen molar-refractivity contribution in [3.8, 4) is 0 Å². The molecule has 0 saturated heterocycles. The lowest BCUT2D eigenvalue weighted by atomic mass is 10.4. The fourth-order valence-corrected chi connectivity index (χ4v) is 3.50. The van der Waals surface area contributed by atoms with E-state index in [0.717, 1.165) is 0 Å². The van der Waals surface area contributed by atoms with Gasteiger partial charge in [0.05, 0.1) is 4.90 Å². The van der Waals surface area contributed by atoms with Gasteiger partial charge in [0, 0.05) is 22.0 Å². The fraction of sp³-hybridized carbons (Fsp3) is 0.250. The van der Waals surface area contributed by atoms with Crippen molar-refractivity contribution < 1.29 is 8.42 Å². The molecule has 0 atom stereocenters. The molecule has 0 amide bonds. The van der Waals surface area contributed by atoms with Gasteiger partial charge in [0.15, 0.2) is 0 Å². The summed E-state index contributed by atoms with van der Waals surface area (Å²) in [4.78, 5) is 0.199. The molecule has 1 rings (SSSR count). The van der Waals surface area contributed by atoms with Crippen molar-refractivity contribution in [2.24, 2.45) is 5.73 Å². The second kappa shape index (κ2) is 5.40. The third-order valence-electron chi connectivity index (χ3n) is 1.62. The quantitative estimate of drug-likeness (QED) is 0.856. The summed E-state index contributed by atoms with van der Waals surface area (Å²) in [6.45, 7) is 0.492. The van der Waals surface area contributed by atoms with Crippen LogP contribution < -0.4 is 10.5 Å². The van der Waals surface area contributed by atoms with Crippen LogP contribution in [0.15, 0.2) is 32.0 Å². The first-order valence-electron chi connectivity index (χ1n) is 4.12. The van der Waals surface area contributed by atoms with Gasteiger partial charge in [0.2, 0.25) is 10.0 Å². The number of halogens is 2. The van der Waals surface area contributed by atoms with Crippen molar-refractivity contribution in [3.63, 3.8) is 0 Å². The standard InChI is InChI=1S/C8H10Br2N2O2S/c9-6-1-2-7(10)8(5-6)15(13,14)12-4-3-11/h1-2,5,12H,3-4,11H2. The summed E-state index contributed by atoms with van der Waals surface area (Å²) in [5.74, 6) is 0. The number of hydrogen-bond acceptors (Lipinski definition) is 3. The van der Waals surface area contributed by atoms with Crippen LogP contribution >= 0.6 is 31.9 Å². The first kappa shape index (κ1) is 13.1. The molecule has 0 fully saturated rings. The smallest absolute Gasteiger partial charge is 0.241 e. The highest BCUT2D eigenvalue weighted by Gasteiger charge is 2.16. The van der Waals surface area contributed by atoms with Crippen molar-refractivity contribution >= 4 is 41.9 Å². The number of nitrogens with one attached hydrogen (secondary N) is 1. The molecule has 3 N–H and O–H groups in total. The van der Waals surface area contributed by atoms with E-state index in [1.807, 2.05) is 0 Å². The van der Waals surface area contributed by atoms with Crippen LogP contribution in [0.3, 0.4) is 0 Å². The van der Waals surface area contributed by atoms with Crippen LogP contribution in [0.5, 0.6) is 0 Å². The Morgan fingerprint density at radius 3 is 2.60 bits per heavy atom. The maximum Gasteiger partial charge on any atom is 0.241 e. The van der Waals surface area contributed by atoms with E-state index < -0.39 is 10.0 Å². The molecule has 84 valence electrons. The summed E-state index contributed by atoms with van der Waals surface area (Å²) in [6, 6.07) is 4.95. The van der Waals surface area contributed by atoms with Gasteiger partial charge in [-0.2, -0.15) is 0 Å². The molecule has 1 aromatic rings. The minimum absolute atomic E-state index is 0.199. The highest BCUT2D eigenvalue weighted by molar-refractivity contribution is 9.11. The van der Waals surface area contributed by atoms with Gasteiger partial charge in [-0.25, -0.2) is 13.1 Å². The molecule has 0 radical (unpaired) electrons. The van der Waals surface area contributed by atoms with Crippen LogP contribution in [0.2, 0.25) is 0 Å². The normalized spacial score (nSPS) is 11.7. The number of rotatable bonds is 4. The van der Waals surface area contributed by atoms with E-state index in [9.17, 15) is 8.42 Å². The molecule has 0 bridgehead atoms. The Morgan fingerprint density at radius 1 is 1.33 bits per heavy atom. The van der Waals surface area contributed by atoms with Gasteiger partial charge in [-0.05, 0) is 34.1 Å². The second-order valence-corrected chi connectivity index (χ2v) is 6.27. The predicted molar refractivity (Wildman–Crippen MR) is 66.1 cm³/mol. The summed E-state index contributed by atoms with van der Waals surface area (Å²) >= 11 is 6.41. The molecule has 1 aromatic carbocycles. The molecule has 0 heterocycles. The first-order chi connectivity index (χ1) is 6.97. The highest BCUT2D eigenvalue weighted by Crippen LogP contribution is 2.25. The zero-order valence-corrected chi connectivity index (χ0v) is 11.7. The van der Waals surface area contributed by atoms with E-state index in [2.05, 4.69) is 36.6 Å². The van der Waals surface area contributed by atoms with Crippen molar-refractivity contribution in [3.05, 3.63) is 27.1 Å². The SMILES string of the molecule is NCCNS(=O)(=O)c1cc(Br)ccc1Br. The second-order valence-electron chi connectivity index (χ2n) is 2.76. The summed E-state index contributed by atoms with van der Waals surface area (Å²) in [5, 5.41) is 0. The molecule has 0 aliphatic carbocycles. The van der Waals surface area contributed by atoms with E-state index in [1.54, 1.807) is 12.1 Å². The summed E-state index contributed by atoms with van der Waals surface area (Å²) in [6.07, 6.45) is 0. The van der Waals surface area contributed by atoms with E-state index in [-0.39, 0.29) is 18.0 Å². The van der Waals surface area contributed by atoms with E-state index >= 15 is 0 Å². The molecule has 0 saturated carbocycles. The number of benzene rings is 1. The Balaban J connectivity index is 3.09. The zero-order chi connectivity index (χ0) is 11.5. The molecule has 7 heteroatoms. The lowest BCUT2D eigenvalue weighted by Gasteiger charge is -2.07. The number of sulfonamides is 1. The van der Waals surface area contributed by atoms with Crippen molar-refractivity contribution in [1.29, 1.82) is 0 Å². The molecule has 0 unspecified atom stereocenters. The van der Waals surface area contributed by atoms with Gasteiger partial charge < -0.3 is 5.73 Å². The van der Waals surface area contributed by atoms with E-state index in [4.69, 9.17) is 5.73 Å². The van der Waals surface area contributed by atoms with Crippen LogP contribution in [0.4, 0.5) is 0 Å². The first-order valence-corrected chi connectivity index (χ1v) is 7.19. The predicted octanol–water partition coefficient (Wildman–Crippen LogP) is 1.45. The molecular formula is C8H10Br2N2O2S. The van der Waals surface area contributed by atoms with Gasteiger partial charge in [0.25, 0.3) is 0 Å². The van der Waals surface area contributed by atoms with Crippen LogP contribution in [0, 0.1) is 0 Å². The molecule has 0 aromatic heterocycles. The highest BCUT2D eigenvalue weighted by atomic mass is 79.9. The van der Waals surface area contributed by atoms with Crippen LogP contribution in [0.1, 0.15) is 0 Å². The van der Waals surface area contributed by atoms with Gasteiger partial charge >= 0.3 is 0 Å². The largest absolute Gasteiger partial charge is 0.329 e. The molecule has 0 spiro atoms. The third kappa shape index (κ3) is 3.53. The van der Waals surface area contributed by atoms with E-state index in [1.165, 1.54) is 6.07 Å². The molecular weight excluding hydrogens is 348 g/mol. The van der Waals surface area contributed by atoms with Gasteiger partial charge in [0.1, 0.15) is 0 Å². The minimum atomic E-state index is -3.48. The van der Waals surface area contributed by atoms with Crippen LogP contribution in [-0.2, 0) is 10.0 Å². The maximum atomic E-state index is 11.7. The molecule has 15 heavy (non-hydrogen) atoms. The average Bonchev–Trinajstić information content (AvgIpc) is 2.18. The Bertz CT molecular complexity index is 448. The third-order valence-corrected chi connectivity index (χ3v) is 4.57. The van der Waals surface area contributed by atoms with Crippen LogP contribution in [-0.4, -0.2) is 21.5 Å². The Kier molecular flexibility index (Phi) is 4.72. The number of hydrogen-bond donors (Lipinski definition) is 2.